The van der Waals surface area contributed by atoms with Gasteiger partial charge in [-0.1, -0.05) is 18.9 Å². The van der Waals surface area contributed by atoms with Gasteiger partial charge in [-0.05, 0) is 37.9 Å². The number of carboxylic acid groups (broad SMARTS) is 1. The summed E-state index contributed by atoms with van der Waals surface area (Å²) in [5.74, 6) is -0.937. The molecule has 0 bridgehead atoms. The van der Waals surface area contributed by atoms with Crippen LogP contribution >= 0.6 is 0 Å². The van der Waals surface area contributed by atoms with Crippen LogP contribution in [0.5, 0.6) is 0 Å². The fourth-order valence-electron chi connectivity index (χ4n) is 2.55. The second-order valence-corrected chi connectivity index (χ2v) is 4.99. The van der Waals surface area contributed by atoms with Crippen LogP contribution in [0.4, 0.5) is 0 Å². The molecule has 2 heterocycles. The van der Waals surface area contributed by atoms with Crippen molar-refractivity contribution in [3.63, 3.8) is 0 Å². The topological polar surface area (TPSA) is 53.4 Å². The van der Waals surface area contributed by atoms with E-state index in [0.717, 1.165) is 12.1 Å². The van der Waals surface area contributed by atoms with Crippen LogP contribution in [-0.4, -0.2) is 33.5 Å². The molecular weight excluding hydrogens is 228 g/mol. The first-order valence-electron chi connectivity index (χ1n) is 6.59. The third-order valence-electron chi connectivity index (χ3n) is 3.66. The molecule has 1 aliphatic rings. The van der Waals surface area contributed by atoms with E-state index in [2.05, 4.69) is 16.8 Å². The van der Waals surface area contributed by atoms with Gasteiger partial charge >= 0.3 is 5.97 Å². The summed E-state index contributed by atoms with van der Waals surface area (Å²) >= 11 is 0. The molecule has 1 N–H and O–H groups in total. The van der Waals surface area contributed by atoms with Crippen molar-refractivity contribution in [1.29, 1.82) is 0 Å². The molecule has 1 saturated heterocycles. The van der Waals surface area contributed by atoms with E-state index < -0.39 is 5.97 Å². The zero-order valence-electron chi connectivity index (χ0n) is 10.8. The molecule has 2 rings (SSSR count). The molecule has 98 valence electrons. The standard InChI is InChI=1S/C14H20N2O2/c1-11-6-3-2-4-9-16(11)10-12-7-5-8-15-13(12)14(17)18/h5,7-8,11H,2-4,6,9-10H2,1H3,(H,17,18). The van der Waals surface area contributed by atoms with Crippen LogP contribution in [0, 0.1) is 0 Å². The van der Waals surface area contributed by atoms with Gasteiger partial charge in [0, 0.05) is 18.8 Å². The number of nitrogens with zero attached hydrogens (tertiary/aromatic N) is 2. The second kappa shape index (κ2) is 5.96. The number of aromatic carboxylic acids is 1. The number of hydrogen-bond donors (Lipinski definition) is 1. The highest BCUT2D eigenvalue weighted by Gasteiger charge is 2.19. The Morgan fingerprint density at radius 2 is 2.33 bits per heavy atom. The van der Waals surface area contributed by atoms with Crippen LogP contribution in [-0.2, 0) is 6.54 Å². The van der Waals surface area contributed by atoms with E-state index in [1.165, 1.54) is 25.7 Å². The Morgan fingerprint density at radius 1 is 1.50 bits per heavy atom. The highest BCUT2D eigenvalue weighted by molar-refractivity contribution is 5.86. The lowest BCUT2D eigenvalue weighted by atomic mass is 10.1. The normalized spacial score (nSPS) is 21.5. The minimum absolute atomic E-state index is 0.189. The second-order valence-electron chi connectivity index (χ2n) is 4.99. The minimum atomic E-state index is -0.937. The maximum absolute atomic E-state index is 11.1. The van der Waals surface area contributed by atoms with Gasteiger partial charge in [0.05, 0.1) is 0 Å². The van der Waals surface area contributed by atoms with Crippen molar-refractivity contribution in [2.75, 3.05) is 6.54 Å². The fraction of sp³-hybridized carbons (Fsp3) is 0.571. The van der Waals surface area contributed by atoms with Gasteiger partial charge in [-0.25, -0.2) is 9.78 Å². The predicted octanol–water partition coefficient (Wildman–Crippen LogP) is 2.54. The zero-order valence-corrected chi connectivity index (χ0v) is 10.8. The molecule has 4 nitrogen and oxygen atoms in total. The summed E-state index contributed by atoms with van der Waals surface area (Å²) in [6, 6.07) is 4.20. The van der Waals surface area contributed by atoms with Crippen LogP contribution in [0.15, 0.2) is 18.3 Å². The van der Waals surface area contributed by atoms with Gasteiger partial charge in [0.2, 0.25) is 0 Å². The number of aromatic nitrogens is 1. The van der Waals surface area contributed by atoms with E-state index in [0.29, 0.717) is 12.6 Å². The average Bonchev–Trinajstić information content (AvgIpc) is 2.55. The summed E-state index contributed by atoms with van der Waals surface area (Å²) in [6.07, 6.45) is 6.49. The van der Waals surface area contributed by atoms with Gasteiger partial charge < -0.3 is 5.11 Å². The van der Waals surface area contributed by atoms with Crippen molar-refractivity contribution in [1.82, 2.24) is 9.88 Å². The van der Waals surface area contributed by atoms with Crippen molar-refractivity contribution in [2.24, 2.45) is 0 Å². The molecule has 1 aromatic heterocycles. The summed E-state index contributed by atoms with van der Waals surface area (Å²) < 4.78 is 0. The quantitative estimate of drug-likeness (QED) is 0.893. The smallest absolute Gasteiger partial charge is 0.354 e. The molecule has 4 heteroatoms. The first kappa shape index (κ1) is 13.0. The highest BCUT2D eigenvalue weighted by Crippen LogP contribution is 2.19. The van der Waals surface area contributed by atoms with E-state index in [1.807, 2.05) is 12.1 Å². The van der Waals surface area contributed by atoms with E-state index in [1.54, 1.807) is 6.20 Å². The lowest BCUT2D eigenvalue weighted by molar-refractivity contribution is 0.0687. The summed E-state index contributed by atoms with van der Waals surface area (Å²) in [6.45, 7) is 3.97. The minimum Gasteiger partial charge on any atom is -0.477 e. The first-order valence-corrected chi connectivity index (χ1v) is 6.59. The number of carboxylic acids is 1. The monoisotopic (exact) mass is 248 g/mol. The largest absolute Gasteiger partial charge is 0.477 e. The molecular formula is C14H20N2O2. The van der Waals surface area contributed by atoms with E-state index in [-0.39, 0.29) is 5.69 Å². The van der Waals surface area contributed by atoms with Gasteiger partial charge in [-0.2, -0.15) is 0 Å². The first-order chi connectivity index (χ1) is 8.68. The molecule has 18 heavy (non-hydrogen) atoms. The molecule has 0 spiro atoms. The Kier molecular flexibility index (Phi) is 4.31. The van der Waals surface area contributed by atoms with Crippen molar-refractivity contribution in [2.45, 2.75) is 45.2 Å². The molecule has 1 atom stereocenters. The van der Waals surface area contributed by atoms with Crippen molar-refractivity contribution >= 4 is 5.97 Å². The van der Waals surface area contributed by atoms with Gasteiger partial charge in [-0.15, -0.1) is 0 Å². The number of pyridine rings is 1. The molecule has 1 unspecified atom stereocenters. The number of likely N-dealkylation sites (tertiary alicyclic amines) is 1. The number of rotatable bonds is 3. The third kappa shape index (κ3) is 3.07. The fourth-order valence-corrected chi connectivity index (χ4v) is 2.55. The summed E-state index contributed by atoms with van der Waals surface area (Å²) in [4.78, 5) is 17.5. The van der Waals surface area contributed by atoms with Crippen LogP contribution in [0.25, 0.3) is 0 Å². The van der Waals surface area contributed by atoms with Gasteiger partial charge in [-0.3, -0.25) is 4.90 Å². The number of carbonyl (C=O) groups is 1. The summed E-state index contributed by atoms with van der Waals surface area (Å²) in [5.41, 5.74) is 1.01. The molecule has 0 amide bonds. The lowest BCUT2D eigenvalue weighted by Gasteiger charge is -2.27. The lowest BCUT2D eigenvalue weighted by Crippen LogP contribution is -2.32. The Balaban J connectivity index is 2.14. The van der Waals surface area contributed by atoms with E-state index >= 15 is 0 Å². The Bertz CT molecular complexity index is 420. The van der Waals surface area contributed by atoms with Crippen molar-refractivity contribution in [3.8, 4) is 0 Å². The van der Waals surface area contributed by atoms with Gasteiger partial charge in [0.1, 0.15) is 0 Å². The van der Waals surface area contributed by atoms with E-state index in [9.17, 15) is 4.79 Å². The molecule has 0 aliphatic carbocycles. The van der Waals surface area contributed by atoms with E-state index in [4.69, 9.17) is 5.11 Å². The van der Waals surface area contributed by atoms with Crippen molar-refractivity contribution < 1.29 is 9.90 Å². The molecule has 1 aliphatic heterocycles. The Hall–Kier alpha value is -1.42. The molecule has 0 saturated carbocycles. The molecule has 1 fully saturated rings. The van der Waals surface area contributed by atoms with Crippen LogP contribution < -0.4 is 0 Å². The SMILES string of the molecule is CC1CCCCCN1Cc1cccnc1C(=O)O. The maximum atomic E-state index is 11.1. The van der Waals surface area contributed by atoms with Crippen LogP contribution in [0.2, 0.25) is 0 Å². The summed E-state index contributed by atoms with van der Waals surface area (Å²) in [7, 11) is 0. The van der Waals surface area contributed by atoms with Gasteiger partial charge in [0.15, 0.2) is 5.69 Å². The van der Waals surface area contributed by atoms with Crippen LogP contribution in [0.3, 0.4) is 0 Å². The Morgan fingerprint density at radius 3 is 3.11 bits per heavy atom. The summed E-state index contributed by atoms with van der Waals surface area (Å²) in [5, 5.41) is 9.14. The zero-order chi connectivity index (χ0) is 13.0. The maximum Gasteiger partial charge on any atom is 0.354 e. The number of hydrogen-bond acceptors (Lipinski definition) is 3. The van der Waals surface area contributed by atoms with Crippen LogP contribution in [0.1, 0.15) is 48.7 Å². The average molecular weight is 248 g/mol. The van der Waals surface area contributed by atoms with Gasteiger partial charge in [0.25, 0.3) is 0 Å². The van der Waals surface area contributed by atoms with Crippen molar-refractivity contribution in [3.05, 3.63) is 29.6 Å². The third-order valence-corrected chi connectivity index (χ3v) is 3.66. The highest BCUT2D eigenvalue weighted by atomic mass is 16.4. The predicted molar refractivity (Wildman–Crippen MR) is 69.5 cm³/mol. The molecule has 0 aromatic carbocycles. The molecule has 0 radical (unpaired) electrons. The Labute approximate surface area is 108 Å². The molecule has 1 aromatic rings.